The summed E-state index contributed by atoms with van der Waals surface area (Å²) in [5.74, 6) is 0.210. The number of rotatable bonds is 4. The number of likely N-dealkylation sites (tertiary alicyclic amines) is 1. The molecule has 3 heteroatoms. The van der Waals surface area contributed by atoms with Gasteiger partial charge in [0.25, 0.3) is 0 Å². The van der Waals surface area contributed by atoms with E-state index in [1.165, 1.54) is 24.8 Å². The summed E-state index contributed by atoms with van der Waals surface area (Å²) in [5, 5.41) is 0. The Morgan fingerprint density at radius 2 is 2.05 bits per heavy atom. The molecule has 1 unspecified atom stereocenters. The van der Waals surface area contributed by atoms with Gasteiger partial charge in [0.05, 0.1) is 0 Å². The van der Waals surface area contributed by atoms with Gasteiger partial charge in [0.2, 0.25) is 0 Å². The molecule has 3 rings (SSSR count). The van der Waals surface area contributed by atoms with Crippen LogP contribution in [0.25, 0.3) is 0 Å². The van der Waals surface area contributed by atoms with Gasteiger partial charge in [-0.15, -0.1) is 0 Å². The normalized spacial score (nSPS) is 24.8. The Kier molecular flexibility index (Phi) is 4.25. The van der Waals surface area contributed by atoms with Crippen LogP contribution in [-0.4, -0.2) is 30.0 Å². The molecule has 22 heavy (non-hydrogen) atoms. The smallest absolute Gasteiger partial charge is 0.162 e. The molecule has 2 aliphatic rings. The van der Waals surface area contributed by atoms with Crippen molar-refractivity contribution < 1.29 is 4.79 Å². The number of allylic oxidation sites excluding steroid dienone is 1. The lowest BCUT2D eigenvalue weighted by atomic mass is 9.91. The number of carbonyl (C=O) groups is 1. The Labute approximate surface area is 132 Å². The summed E-state index contributed by atoms with van der Waals surface area (Å²) in [4.78, 5) is 19.3. The van der Waals surface area contributed by atoms with Crippen molar-refractivity contribution in [2.75, 3.05) is 13.1 Å². The number of ketones is 1. The number of benzene rings is 1. The van der Waals surface area contributed by atoms with E-state index in [-0.39, 0.29) is 11.4 Å². The van der Waals surface area contributed by atoms with Crippen molar-refractivity contribution in [1.82, 2.24) is 4.90 Å². The monoisotopic (exact) mass is 296 g/mol. The van der Waals surface area contributed by atoms with E-state index in [4.69, 9.17) is 4.99 Å². The van der Waals surface area contributed by atoms with Crippen LogP contribution in [0.15, 0.2) is 35.3 Å². The van der Waals surface area contributed by atoms with E-state index in [1.807, 2.05) is 32.2 Å². The summed E-state index contributed by atoms with van der Waals surface area (Å²) in [6.45, 7) is 6.10. The van der Waals surface area contributed by atoms with Crippen molar-refractivity contribution in [2.45, 2.75) is 45.2 Å². The summed E-state index contributed by atoms with van der Waals surface area (Å²) in [6.07, 6.45) is 10.4. The van der Waals surface area contributed by atoms with Gasteiger partial charge in [-0.1, -0.05) is 31.5 Å². The van der Waals surface area contributed by atoms with Gasteiger partial charge < -0.3 is 0 Å². The highest BCUT2D eigenvalue weighted by Gasteiger charge is 2.37. The van der Waals surface area contributed by atoms with E-state index in [1.54, 1.807) is 0 Å². The molecule has 0 spiro atoms. The predicted octanol–water partition coefficient (Wildman–Crippen LogP) is 3.87. The maximum atomic E-state index is 12.0. The summed E-state index contributed by atoms with van der Waals surface area (Å²) < 4.78 is 0. The molecule has 0 amide bonds. The highest BCUT2D eigenvalue weighted by Crippen LogP contribution is 2.37. The van der Waals surface area contributed by atoms with E-state index >= 15 is 0 Å². The highest BCUT2D eigenvalue weighted by molar-refractivity contribution is 5.97. The zero-order valence-corrected chi connectivity index (χ0v) is 13.5. The van der Waals surface area contributed by atoms with Gasteiger partial charge in [-0.2, -0.15) is 0 Å². The Hall–Kier alpha value is -1.74. The van der Waals surface area contributed by atoms with Crippen molar-refractivity contribution in [3.05, 3.63) is 47.0 Å². The lowest BCUT2D eigenvalue weighted by Gasteiger charge is -2.40. The second-order valence-corrected chi connectivity index (χ2v) is 6.22. The topological polar surface area (TPSA) is 32.7 Å². The summed E-state index contributed by atoms with van der Waals surface area (Å²) in [6, 6.07) is 6.20. The largest absolute Gasteiger partial charge is 0.294 e. The van der Waals surface area contributed by atoms with Gasteiger partial charge in [0.1, 0.15) is 0 Å². The predicted molar refractivity (Wildman–Crippen MR) is 90.5 cm³/mol. The van der Waals surface area contributed by atoms with E-state index in [0.29, 0.717) is 6.42 Å². The average molecular weight is 296 g/mol. The van der Waals surface area contributed by atoms with Crippen molar-refractivity contribution in [2.24, 2.45) is 4.99 Å². The molecule has 0 bridgehead atoms. The van der Waals surface area contributed by atoms with E-state index in [0.717, 1.165) is 24.2 Å². The maximum Gasteiger partial charge on any atom is 0.162 e. The Balaban J connectivity index is 1.99. The second-order valence-electron chi connectivity index (χ2n) is 6.22. The molecular weight excluding hydrogens is 272 g/mol. The minimum atomic E-state index is -0.362. The first kappa shape index (κ1) is 15.2. The number of nitrogens with zero attached hydrogens (tertiary/aromatic N) is 2. The summed E-state index contributed by atoms with van der Waals surface area (Å²) >= 11 is 0. The minimum absolute atomic E-state index is 0.210. The van der Waals surface area contributed by atoms with Gasteiger partial charge >= 0.3 is 0 Å². The number of hydrogen-bond donors (Lipinski definition) is 0. The average Bonchev–Trinajstić information content (AvgIpc) is 3.06. The molecule has 2 heterocycles. The zero-order valence-electron chi connectivity index (χ0n) is 13.5. The first-order valence-electron chi connectivity index (χ1n) is 8.30. The first-order valence-corrected chi connectivity index (χ1v) is 8.30. The Bertz CT molecular complexity index is 612. The van der Waals surface area contributed by atoms with E-state index < -0.39 is 0 Å². The van der Waals surface area contributed by atoms with Gasteiger partial charge in [0.15, 0.2) is 11.4 Å². The van der Waals surface area contributed by atoms with Crippen LogP contribution in [-0.2, 0) is 5.66 Å². The van der Waals surface area contributed by atoms with Crippen LogP contribution in [0.2, 0.25) is 0 Å². The highest BCUT2D eigenvalue weighted by atomic mass is 16.1. The van der Waals surface area contributed by atoms with Crippen molar-refractivity contribution in [1.29, 1.82) is 0 Å². The van der Waals surface area contributed by atoms with E-state index in [2.05, 4.69) is 23.1 Å². The fourth-order valence-electron chi connectivity index (χ4n) is 3.55. The van der Waals surface area contributed by atoms with Crippen LogP contribution < -0.4 is 0 Å². The zero-order chi connectivity index (χ0) is 15.6. The van der Waals surface area contributed by atoms with Crippen LogP contribution in [0, 0.1) is 6.92 Å². The van der Waals surface area contributed by atoms with Crippen molar-refractivity contribution in [3.8, 4) is 0 Å². The van der Waals surface area contributed by atoms with Crippen LogP contribution in [0.4, 0.5) is 0 Å². The number of Topliss-reactive ketones (excluding diaryl/α,β-unsaturated/α-hetero) is 1. The molecule has 0 saturated carbocycles. The third kappa shape index (κ3) is 2.54. The van der Waals surface area contributed by atoms with Crippen molar-refractivity contribution in [3.63, 3.8) is 0 Å². The standard InChI is InChI=1S/C19H24N2O/c1-3-18(22)17-9-8-16(14-15(17)2)19(10-7-11-20-19)21-12-5-4-6-13-21/h7-11,14H,3-6,12-13H2,1-2H3. The molecule has 3 nitrogen and oxygen atoms in total. The molecule has 0 radical (unpaired) electrons. The number of aliphatic imine (C=N–C) groups is 1. The molecule has 116 valence electrons. The number of carbonyl (C=O) groups excluding carboxylic acids is 1. The Morgan fingerprint density at radius 1 is 1.27 bits per heavy atom. The number of hydrogen-bond acceptors (Lipinski definition) is 3. The molecule has 1 atom stereocenters. The minimum Gasteiger partial charge on any atom is -0.294 e. The molecule has 2 aliphatic heterocycles. The molecule has 1 aromatic rings. The fraction of sp³-hybridized carbons (Fsp3) is 0.474. The Morgan fingerprint density at radius 3 is 2.64 bits per heavy atom. The van der Waals surface area contributed by atoms with Crippen LogP contribution in [0.3, 0.4) is 0 Å². The lowest BCUT2D eigenvalue weighted by molar-refractivity contribution is 0.0986. The van der Waals surface area contributed by atoms with Gasteiger partial charge in [-0.05, 0) is 43.0 Å². The van der Waals surface area contributed by atoms with Gasteiger partial charge in [-0.25, -0.2) is 0 Å². The summed E-state index contributed by atoms with van der Waals surface area (Å²) in [5.41, 5.74) is 2.70. The molecule has 1 aromatic carbocycles. The molecule has 1 saturated heterocycles. The number of aryl methyl sites for hydroxylation is 1. The fourth-order valence-corrected chi connectivity index (χ4v) is 3.55. The van der Waals surface area contributed by atoms with Gasteiger partial charge in [-0.3, -0.25) is 14.7 Å². The SMILES string of the molecule is CCC(=O)c1ccc(C2(N3CCCCC3)C=CC=N2)cc1C. The summed E-state index contributed by atoms with van der Waals surface area (Å²) in [7, 11) is 0. The molecular formula is C19H24N2O. The van der Waals surface area contributed by atoms with Crippen LogP contribution >= 0.6 is 0 Å². The molecule has 0 aliphatic carbocycles. The third-order valence-electron chi connectivity index (χ3n) is 4.80. The van der Waals surface area contributed by atoms with Crippen molar-refractivity contribution >= 4 is 12.0 Å². The maximum absolute atomic E-state index is 12.0. The molecule has 1 fully saturated rings. The quantitative estimate of drug-likeness (QED) is 0.790. The first-order chi connectivity index (χ1) is 10.7. The molecule has 0 aromatic heterocycles. The van der Waals surface area contributed by atoms with Gasteiger partial charge in [0, 0.05) is 31.3 Å². The second kappa shape index (κ2) is 6.17. The molecule has 0 N–H and O–H groups in total. The van der Waals surface area contributed by atoms with E-state index in [9.17, 15) is 4.79 Å². The van der Waals surface area contributed by atoms with Crippen LogP contribution in [0.1, 0.15) is 54.1 Å². The van der Waals surface area contributed by atoms with Crippen LogP contribution in [0.5, 0.6) is 0 Å². The third-order valence-corrected chi connectivity index (χ3v) is 4.80. The lowest BCUT2D eigenvalue weighted by Crippen LogP contribution is -2.45. The number of piperidine rings is 1.